The van der Waals surface area contributed by atoms with Gasteiger partial charge in [-0.25, -0.2) is 0 Å². The van der Waals surface area contributed by atoms with Crippen molar-refractivity contribution in [3.63, 3.8) is 0 Å². The lowest BCUT2D eigenvalue weighted by Crippen LogP contribution is -2.31. The molecule has 1 unspecified atom stereocenters. The first-order valence-corrected chi connectivity index (χ1v) is 9.85. The highest BCUT2D eigenvalue weighted by Crippen LogP contribution is 2.33. The van der Waals surface area contributed by atoms with Crippen LogP contribution in [0.1, 0.15) is 30.0 Å². The molecular formula is C17H18ClNOS2. The number of hydrogen-bond donors (Lipinski definition) is 0. The summed E-state index contributed by atoms with van der Waals surface area (Å²) in [4.78, 5) is 14.5. The van der Waals surface area contributed by atoms with E-state index in [0.717, 1.165) is 30.2 Å². The van der Waals surface area contributed by atoms with Crippen LogP contribution in [0.5, 0.6) is 0 Å². The molecule has 1 aliphatic heterocycles. The van der Waals surface area contributed by atoms with E-state index in [1.54, 1.807) is 23.1 Å². The second-order valence-corrected chi connectivity index (χ2v) is 7.63. The van der Waals surface area contributed by atoms with Gasteiger partial charge in [-0.2, -0.15) is 11.3 Å². The summed E-state index contributed by atoms with van der Waals surface area (Å²) in [6.07, 6.45) is 2.19. The fraction of sp³-hybridized carbons (Fsp3) is 0.353. The molecule has 0 bridgehead atoms. The number of hydrogen-bond acceptors (Lipinski definition) is 3. The molecule has 2 heterocycles. The van der Waals surface area contributed by atoms with Crippen LogP contribution in [0.2, 0.25) is 5.02 Å². The Morgan fingerprint density at radius 1 is 1.41 bits per heavy atom. The van der Waals surface area contributed by atoms with Gasteiger partial charge >= 0.3 is 0 Å². The number of benzene rings is 1. The predicted molar refractivity (Wildman–Crippen MR) is 95.6 cm³/mol. The summed E-state index contributed by atoms with van der Waals surface area (Å²) in [6, 6.07) is 10.3. The number of halogens is 1. The molecule has 1 fully saturated rings. The van der Waals surface area contributed by atoms with Crippen LogP contribution in [-0.4, -0.2) is 23.1 Å². The SMILES string of the molecule is O=C(CSCc1cccc(Cl)c1)N1CCCC1c1ccsc1. The van der Waals surface area contributed by atoms with Gasteiger partial charge < -0.3 is 4.90 Å². The largest absolute Gasteiger partial charge is 0.335 e. The monoisotopic (exact) mass is 351 g/mol. The maximum atomic E-state index is 12.5. The van der Waals surface area contributed by atoms with Crippen molar-refractivity contribution in [2.24, 2.45) is 0 Å². The van der Waals surface area contributed by atoms with Crippen molar-refractivity contribution >= 4 is 40.6 Å². The van der Waals surface area contributed by atoms with Crippen molar-refractivity contribution < 1.29 is 4.79 Å². The van der Waals surface area contributed by atoms with Gasteiger partial charge in [-0.3, -0.25) is 4.79 Å². The molecule has 116 valence electrons. The molecule has 3 rings (SSSR count). The van der Waals surface area contributed by atoms with Crippen molar-refractivity contribution in [1.82, 2.24) is 4.90 Å². The van der Waals surface area contributed by atoms with Crippen LogP contribution >= 0.6 is 34.7 Å². The molecule has 1 saturated heterocycles. The Hall–Kier alpha value is -0.970. The van der Waals surface area contributed by atoms with E-state index in [4.69, 9.17) is 11.6 Å². The fourth-order valence-corrected chi connectivity index (χ4v) is 4.62. The molecule has 1 aliphatic rings. The minimum atomic E-state index is 0.251. The van der Waals surface area contributed by atoms with Crippen LogP contribution in [0.25, 0.3) is 0 Å². The summed E-state index contributed by atoms with van der Waals surface area (Å²) >= 11 is 9.35. The summed E-state index contributed by atoms with van der Waals surface area (Å²) in [5.74, 6) is 1.61. The van der Waals surface area contributed by atoms with Gasteiger partial charge in [-0.15, -0.1) is 11.8 Å². The number of nitrogens with zero attached hydrogens (tertiary/aromatic N) is 1. The Morgan fingerprint density at radius 3 is 3.09 bits per heavy atom. The van der Waals surface area contributed by atoms with E-state index in [2.05, 4.69) is 16.8 Å². The minimum Gasteiger partial charge on any atom is -0.335 e. The zero-order valence-electron chi connectivity index (χ0n) is 12.2. The first-order chi connectivity index (χ1) is 10.7. The average Bonchev–Trinajstić information content (AvgIpc) is 3.18. The van der Waals surface area contributed by atoms with Crippen molar-refractivity contribution in [3.05, 3.63) is 57.2 Å². The van der Waals surface area contributed by atoms with Crippen molar-refractivity contribution in [2.75, 3.05) is 12.3 Å². The molecule has 5 heteroatoms. The van der Waals surface area contributed by atoms with E-state index in [9.17, 15) is 4.79 Å². The molecule has 1 amide bonds. The van der Waals surface area contributed by atoms with Gasteiger partial charge in [-0.05, 0) is 52.9 Å². The summed E-state index contributed by atoms with van der Waals surface area (Å²) in [7, 11) is 0. The number of rotatable bonds is 5. The quantitative estimate of drug-likeness (QED) is 0.755. The molecule has 2 nitrogen and oxygen atoms in total. The molecule has 1 aromatic heterocycles. The molecule has 0 spiro atoms. The molecule has 2 aromatic rings. The molecule has 0 radical (unpaired) electrons. The van der Waals surface area contributed by atoms with Crippen molar-refractivity contribution in [1.29, 1.82) is 0 Å². The fourth-order valence-electron chi connectivity index (χ4n) is 2.84. The highest BCUT2D eigenvalue weighted by molar-refractivity contribution is 7.99. The number of thiophene rings is 1. The number of carbonyl (C=O) groups is 1. The Bertz CT molecular complexity index is 629. The molecule has 1 atom stereocenters. The second kappa shape index (κ2) is 7.53. The number of thioether (sulfide) groups is 1. The maximum Gasteiger partial charge on any atom is 0.233 e. The molecule has 0 saturated carbocycles. The Kier molecular flexibility index (Phi) is 5.45. The van der Waals surface area contributed by atoms with Crippen LogP contribution in [-0.2, 0) is 10.5 Å². The normalized spacial score (nSPS) is 17.9. The Morgan fingerprint density at radius 2 is 2.32 bits per heavy atom. The summed E-state index contributed by atoms with van der Waals surface area (Å²) in [6.45, 7) is 0.886. The Balaban J connectivity index is 1.53. The third-order valence-corrected chi connectivity index (χ3v) is 5.81. The van der Waals surface area contributed by atoms with Crippen molar-refractivity contribution in [3.8, 4) is 0 Å². The molecular weight excluding hydrogens is 334 g/mol. The van der Waals surface area contributed by atoms with E-state index in [1.807, 2.05) is 29.2 Å². The van der Waals surface area contributed by atoms with E-state index >= 15 is 0 Å². The predicted octanol–water partition coefficient (Wildman–Crippen LogP) is 5.00. The van der Waals surface area contributed by atoms with Gasteiger partial charge in [0.05, 0.1) is 11.8 Å². The van der Waals surface area contributed by atoms with Crippen LogP contribution in [0, 0.1) is 0 Å². The number of amides is 1. The third kappa shape index (κ3) is 3.86. The highest BCUT2D eigenvalue weighted by atomic mass is 35.5. The van der Waals surface area contributed by atoms with E-state index < -0.39 is 0 Å². The first kappa shape index (κ1) is 15.9. The summed E-state index contributed by atoms with van der Waals surface area (Å²) in [5.41, 5.74) is 2.46. The topological polar surface area (TPSA) is 20.3 Å². The standard InChI is InChI=1S/C17H18ClNOS2/c18-15-4-1-3-13(9-15)10-22-12-17(20)19-7-2-5-16(19)14-6-8-21-11-14/h1,3-4,6,8-9,11,16H,2,5,7,10,12H2. The lowest BCUT2D eigenvalue weighted by atomic mass is 10.1. The summed E-state index contributed by atoms with van der Waals surface area (Å²) in [5, 5.41) is 5.00. The lowest BCUT2D eigenvalue weighted by molar-refractivity contribution is -0.129. The smallest absolute Gasteiger partial charge is 0.233 e. The third-order valence-electron chi connectivity index (χ3n) is 3.88. The minimum absolute atomic E-state index is 0.251. The second-order valence-electron chi connectivity index (χ2n) is 5.42. The van der Waals surface area contributed by atoms with Crippen LogP contribution in [0.3, 0.4) is 0 Å². The van der Waals surface area contributed by atoms with Gasteiger partial charge in [0.2, 0.25) is 5.91 Å². The highest BCUT2D eigenvalue weighted by Gasteiger charge is 2.29. The number of likely N-dealkylation sites (tertiary alicyclic amines) is 1. The number of carbonyl (C=O) groups excluding carboxylic acids is 1. The molecule has 0 aliphatic carbocycles. The van der Waals surface area contributed by atoms with Crippen LogP contribution < -0.4 is 0 Å². The molecule has 1 aromatic carbocycles. The van der Waals surface area contributed by atoms with Gasteiger partial charge in [0.15, 0.2) is 0 Å². The van der Waals surface area contributed by atoms with Crippen LogP contribution in [0.4, 0.5) is 0 Å². The van der Waals surface area contributed by atoms with Crippen LogP contribution in [0.15, 0.2) is 41.1 Å². The van der Waals surface area contributed by atoms with Gasteiger partial charge in [-0.1, -0.05) is 23.7 Å². The zero-order valence-corrected chi connectivity index (χ0v) is 14.6. The lowest BCUT2D eigenvalue weighted by Gasteiger charge is -2.24. The molecule has 22 heavy (non-hydrogen) atoms. The first-order valence-electron chi connectivity index (χ1n) is 7.38. The van der Waals surface area contributed by atoms with Gasteiger partial charge in [0, 0.05) is 17.3 Å². The van der Waals surface area contributed by atoms with Crippen molar-refractivity contribution in [2.45, 2.75) is 24.6 Å². The Labute approximate surface area is 144 Å². The van der Waals surface area contributed by atoms with E-state index in [0.29, 0.717) is 5.75 Å². The van der Waals surface area contributed by atoms with Gasteiger partial charge in [0.1, 0.15) is 0 Å². The van der Waals surface area contributed by atoms with E-state index in [1.165, 1.54) is 11.1 Å². The summed E-state index contributed by atoms with van der Waals surface area (Å²) < 4.78 is 0. The average molecular weight is 352 g/mol. The van der Waals surface area contributed by atoms with E-state index in [-0.39, 0.29) is 11.9 Å². The molecule has 0 N–H and O–H groups in total. The maximum absolute atomic E-state index is 12.5. The zero-order chi connectivity index (χ0) is 15.4. The van der Waals surface area contributed by atoms with Gasteiger partial charge in [0.25, 0.3) is 0 Å².